The average Bonchev–Trinajstić information content (AvgIpc) is 2.79. The predicted octanol–water partition coefficient (Wildman–Crippen LogP) is 4.27. The molecule has 2 N–H and O–H groups in total. The maximum atomic E-state index is 6.35. The Labute approximate surface area is 115 Å². The molecule has 3 heteroatoms. The largest absolute Gasteiger partial charge is 0.368 e. The molecule has 1 heterocycles. The second-order valence-electron chi connectivity index (χ2n) is 5.26. The third-order valence-corrected chi connectivity index (χ3v) is 4.76. The minimum Gasteiger partial charge on any atom is -0.368 e. The molecule has 0 radical (unpaired) electrons. The highest BCUT2D eigenvalue weighted by molar-refractivity contribution is 7.10. The normalized spacial score (nSPS) is 21.4. The van der Waals surface area contributed by atoms with Gasteiger partial charge in [0.25, 0.3) is 0 Å². The van der Waals surface area contributed by atoms with Gasteiger partial charge in [-0.3, -0.25) is 0 Å². The monoisotopic (exact) mass is 267 g/mol. The van der Waals surface area contributed by atoms with Crippen molar-refractivity contribution in [3.8, 4) is 0 Å². The Kier molecular flexibility index (Phi) is 5.67. The topological polar surface area (TPSA) is 35.2 Å². The summed E-state index contributed by atoms with van der Waals surface area (Å²) in [7, 11) is 0. The maximum Gasteiger partial charge on any atom is 0.107 e. The minimum atomic E-state index is 0.0955. The van der Waals surface area contributed by atoms with Gasteiger partial charge in [-0.1, -0.05) is 38.7 Å². The zero-order valence-corrected chi connectivity index (χ0v) is 12.1. The van der Waals surface area contributed by atoms with Crippen LogP contribution < -0.4 is 5.73 Å². The van der Waals surface area contributed by atoms with E-state index < -0.39 is 0 Å². The van der Waals surface area contributed by atoms with E-state index >= 15 is 0 Å². The van der Waals surface area contributed by atoms with Crippen LogP contribution >= 0.6 is 11.3 Å². The van der Waals surface area contributed by atoms with Crippen molar-refractivity contribution in [2.24, 2.45) is 5.73 Å². The van der Waals surface area contributed by atoms with E-state index in [1.54, 1.807) is 11.3 Å². The summed E-state index contributed by atoms with van der Waals surface area (Å²) >= 11 is 1.76. The van der Waals surface area contributed by atoms with E-state index in [2.05, 4.69) is 24.4 Å². The lowest BCUT2D eigenvalue weighted by Gasteiger charge is -2.27. The van der Waals surface area contributed by atoms with Crippen molar-refractivity contribution < 1.29 is 4.74 Å². The van der Waals surface area contributed by atoms with Crippen molar-refractivity contribution in [3.05, 3.63) is 22.4 Å². The Hall–Kier alpha value is -0.380. The fraction of sp³-hybridized carbons (Fsp3) is 0.733. The van der Waals surface area contributed by atoms with Gasteiger partial charge in [0.2, 0.25) is 0 Å². The smallest absolute Gasteiger partial charge is 0.107 e. The summed E-state index contributed by atoms with van der Waals surface area (Å²) in [5.74, 6) is 0. The minimum absolute atomic E-state index is 0.0955. The van der Waals surface area contributed by atoms with Crippen LogP contribution in [0.2, 0.25) is 0 Å². The first-order chi connectivity index (χ1) is 8.81. The van der Waals surface area contributed by atoms with Crippen molar-refractivity contribution in [2.75, 3.05) is 0 Å². The molecule has 2 nitrogen and oxygen atoms in total. The number of ether oxygens (including phenoxy) is 1. The van der Waals surface area contributed by atoms with Gasteiger partial charge in [-0.15, -0.1) is 11.3 Å². The highest BCUT2D eigenvalue weighted by Crippen LogP contribution is 2.31. The summed E-state index contributed by atoms with van der Waals surface area (Å²) < 4.78 is 6.35. The fourth-order valence-electron chi connectivity index (χ4n) is 2.63. The van der Waals surface area contributed by atoms with Crippen molar-refractivity contribution in [2.45, 2.75) is 70.1 Å². The molecule has 1 aromatic rings. The molecule has 2 atom stereocenters. The van der Waals surface area contributed by atoms with Crippen LogP contribution in [0.15, 0.2) is 17.5 Å². The molecule has 18 heavy (non-hydrogen) atoms. The number of rotatable bonds is 5. The third-order valence-electron chi connectivity index (χ3n) is 3.83. The molecule has 0 saturated heterocycles. The fourth-order valence-corrected chi connectivity index (χ4v) is 3.47. The highest BCUT2D eigenvalue weighted by atomic mass is 32.1. The highest BCUT2D eigenvalue weighted by Gasteiger charge is 2.24. The molecule has 102 valence electrons. The van der Waals surface area contributed by atoms with E-state index in [0.29, 0.717) is 6.10 Å². The number of thiophene rings is 1. The number of hydrogen-bond donors (Lipinski definition) is 1. The van der Waals surface area contributed by atoms with Gasteiger partial charge in [-0.25, -0.2) is 0 Å². The predicted molar refractivity (Wildman–Crippen MR) is 77.9 cm³/mol. The molecule has 2 unspecified atom stereocenters. The summed E-state index contributed by atoms with van der Waals surface area (Å²) in [5.41, 5.74) is 6.25. The van der Waals surface area contributed by atoms with Gasteiger partial charge in [0, 0.05) is 10.9 Å². The second kappa shape index (κ2) is 7.27. The van der Waals surface area contributed by atoms with E-state index in [4.69, 9.17) is 10.5 Å². The Morgan fingerprint density at radius 3 is 2.61 bits per heavy atom. The van der Waals surface area contributed by atoms with Crippen LogP contribution in [0.1, 0.15) is 62.9 Å². The summed E-state index contributed by atoms with van der Waals surface area (Å²) in [6.07, 6.45) is 9.24. The molecule has 1 aromatic heterocycles. The Morgan fingerprint density at radius 2 is 2.06 bits per heavy atom. The van der Waals surface area contributed by atoms with Gasteiger partial charge >= 0.3 is 0 Å². The summed E-state index contributed by atoms with van der Waals surface area (Å²) in [4.78, 5) is 1.29. The molecule has 1 saturated carbocycles. The van der Waals surface area contributed by atoms with Gasteiger partial charge < -0.3 is 10.5 Å². The maximum absolute atomic E-state index is 6.35. The molecule has 0 amide bonds. The van der Waals surface area contributed by atoms with Crippen molar-refractivity contribution in [1.82, 2.24) is 0 Å². The van der Waals surface area contributed by atoms with Gasteiger partial charge in [0.15, 0.2) is 0 Å². The molecule has 2 rings (SSSR count). The van der Waals surface area contributed by atoms with Crippen LogP contribution in [0.4, 0.5) is 0 Å². The van der Waals surface area contributed by atoms with Crippen LogP contribution in [0.25, 0.3) is 0 Å². The number of hydrogen-bond acceptors (Lipinski definition) is 3. The molecule has 0 aliphatic heterocycles. The van der Waals surface area contributed by atoms with Crippen LogP contribution in [-0.2, 0) is 4.74 Å². The van der Waals surface area contributed by atoms with Crippen molar-refractivity contribution >= 4 is 11.3 Å². The average molecular weight is 267 g/mol. The van der Waals surface area contributed by atoms with Gasteiger partial charge in [-0.2, -0.15) is 0 Å². The lowest BCUT2D eigenvalue weighted by atomic mass is 10.1. The lowest BCUT2D eigenvalue weighted by molar-refractivity contribution is -0.0323. The van der Waals surface area contributed by atoms with Crippen molar-refractivity contribution in [3.63, 3.8) is 0 Å². The Bertz CT molecular complexity index is 317. The quantitative estimate of drug-likeness (QED) is 0.809. The lowest BCUT2D eigenvalue weighted by Crippen LogP contribution is -2.32. The molecular weight excluding hydrogens is 242 g/mol. The first kappa shape index (κ1) is 14.0. The molecule has 0 bridgehead atoms. The standard InChI is InChI=1S/C15H25NOS/c1-2-13(16)15(14-10-7-11-18-14)17-12-8-5-3-4-6-9-12/h7,10-13,15H,2-6,8-9,16H2,1H3. The summed E-state index contributed by atoms with van der Waals surface area (Å²) in [6.45, 7) is 2.14. The van der Waals surface area contributed by atoms with Gasteiger partial charge in [0.05, 0.1) is 6.10 Å². The van der Waals surface area contributed by atoms with Crippen LogP contribution in [0, 0.1) is 0 Å². The molecule has 0 aromatic carbocycles. The molecule has 1 aliphatic rings. The molecular formula is C15H25NOS. The molecule has 1 aliphatic carbocycles. The van der Waals surface area contributed by atoms with E-state index in [9.17, 15) is 0 Å². The molecule has 0 spiro atoms. The molecule has 1 fully saturated rings. The Morgan fingerprint density at radius 1 is 1.33 bits per heavy atom. The zero-order valence-electron chi connectivity index (χ0n) is 11.3. The van der Waals surface area contributed by atoms with E-state index in [1.165, 1.54) is 43.4 Å². The summed E-state index contributed by atoms with van der Waals surface area (Å²) in [5, 5.41) is 2.11. The SMILES string of the molecule is CCC(N)C(OC1CCCCCC1)c1cccs1. The number of nitrogens with two attached hydrogens (primary N) is 1. The zero-order chi connectivity index (χ0) is 12.8. The van der Waals surface area contributed by atoms with Crippen LogP contribution in [0.3, 0.4) is 0 Å². The van der Waals surface area contributed by atoms with E-state index in [0.717, 1.165) is 6.42 Å². The third kappa shape index (κ3) is 3.81. The van der Waals surface area contributed by atoms with Crippen molar-refractivity contribution in [1.29, 1.82) is 0 Å². The second-order valence-corrected chi connectivity index (χ2v) is 6.24. The van der Waals surface area contributed by atoms with Crippen LogP contribution in [-0.4, -0.2) is 12.1 Å². The van der Waals surface area contributed by atoms with Gasteiger partial charge in [0.1, 0.15) is 6.10 Å². The van der Waals surface area contributed by atoms with Gasteiger partial charge in [-0.05, 0) is 30.7 Å². The first-order valence-electron chi connectivity index (χ1n) is 7.25. The first-order valence-corrected chi connectivity index (χ1v) is 8.13. The Balaban J connectivity index is 2.00. The summed E-state index contributed by atoms with van der Waals surface area (Å²) in [6, 6.07) is 4.36. The van der Waals surface area contributed by atoms with E-state index in [1.807, 2.05) is 0 Å². The van der Waals surface area contributed by atoms with E-state index in [-0.39, 0.29) is 12.1 Å². The van der Waals surface area contributed by atoms with Crippen LogP contribution in [0.5, 0.6) is 0 Å².